The van der Waals surface area contributed by atoms with E-state index in [0.717, 1.165) is 22.6 Å². The van der Waals surface area contributed by atoms with E-state index in [2.05, 4.69) is 23.3 Å². The first-order valence-electron chi connectivity index (χ1n) is 12.3. The Kier molecular flexibility index (Phi) is 11.8. The maximum Gasteiger partial charge on any atom is 0.243 e. The van der Waals surface area contributed by atoms with Crippen LogP contribution in [0.15, 0.2) is 54.6 Å². The molecule has 0 aliphatic heterocycles. The molecule has 8 heteroatoms. The number of hydrogen-bond acceptors (Lipinski definition) is 6. The molecular weight excluding hydrogens is 478 g/mol. The second kappa shape index (κ2) is 15.1. The van der Waals surface area contributed by atoms with Crippen LogP contribution in [0.3, 0.4) is 0 Å². The van der Waals surface area contributed by atoms with Gasteiger partial charge in [-0.05, 0) is 47.8 Å². The Labute approximate surface area is 218 Å². The van der Waals surface area contributed by atoms with E-state index in [-0.39, 0.29) is 17.6 Å². The summed E-state index contributed by atoms with van der Waals surface area (Å²) in [7, 11) is 0. The molecule has 2 aromatic carbocycles. The van der Waals surface area contributed by atoms with Gasteiger partial charge in [0.2, 0.25) is 11.8 Å². The van der Waals surface area contributed by atoms with Gasteiger partial charge in [0.25, 0.3) is 0 Å². The van der Waals surface area contributed by atoms with Gasteiger partial charge >= 0.3 is 0 Å². The molecule has 0 saturated heterocycles. The Hall–Kier alpha value is -2.16. The summed E-state index contributed by atoms with van der Waals surface area (Å²) in [5, 5.41) is 5.78. The number of amides is 2. The van der Waals surface area contributed by atoms with Crippen molar-refractivity contribution in [3.05, 3.63) is 65.7 Å². The molecule has 0 heterocycles. The molecule has 190 valence electrons. The highest BCUT2D eigenvalue weighted by Crippen LogP contribution is 2.27. The van der Waals surface area contributed by atoms with E-state index in [1.54, 1.807) is 11.8 Å². The number of carbonyl (C=O) groups is 2. The molecule has 35 heavy (non-hydrogen) atoms. The fraction of sp³-hybridized carbons (Fsp3) is 0.481. The molecule has 1 aliphatic rings. The largest absolute Gasteiger partial charge is 0.489 e. The van der Waals surface area contributed by atoms with E-state index in [1.165, 1.54) is 32.1 Å². The van der Waals surface area contributed by atoms with Crippen LogP contribution in [0.25, 0.3) is 0 Å². The second-order valence-corrected chi connectivity index (χ2v) is 10.5. The van der Waals surface area contributed by atoms with Gasteiger partial charge in [0, 0.05) is 18.1 Å². The average Bonchev–Trinajstić information content (AvgIpc) is 2.91. The molecule has 1 fully saturated rings. The van der Waals surface area contributed by atoms with Crippen LogP contribution in [-0.2, 0) is 22.7 Å². The first-order valence-corrected chi connectivity index (χ1v) is 14.1. The van der Waals surface area contributed by atoms with Crippen LogP contribution in [0, 0.1) is 5.92 Å². The first kappa shape index (κ1) is 27.4. The topological polar surface area (TPSA) is 93.5 Å². The highest BCUT2D eigenvalue weighted by Gasteiger charge is 2.24. The van der Waals surface area contributed by atoms with Gasteiger partial charge in [-0.15, -0.1) is 0 Å². The Morgan fingerprint density at radius 3 is 2.40 bits per heavy atom. The zero-order valence-electron chi connectivity index (χ0n) is 20.2. The van der Waals surface area contributed by atoms with Crippen LogP contribution in [0.2, 0.25) is 0 Å². The molecule has 0 spiro atoms. The van der Waals surface area contributed by atoms with Crippen LogP contribution in [0.5, 0.6) is 5.75 Å². The summed E-state index contributed by atoms with van der Waals surface area (Å²) in [6.07, 6.45) is 6.42. The Balaban J connectivity index is 1.48. The number of benzene rings is 2. The third-order valence-electron chi connectivity index (χ3n) is 6.17. The maximum atomic E-state index is 12.9. The van der Waals surface area contributed by atoms with Crippen molar-refractivity contribution < 1.29 is 14.3 Å². The van der Waals surface area contributed by atoms with E-state index in [4.69, 9.17) is 10.5 Å². The number of thiol groups is 1. The minimum absolute atomic E-state index is 0.203. The van der Waals surface area contributed by atoms with Gasteiger partial charge in [0.1, 0.15) is 18.4 Å². The summed E-state index contributed by atoms with van der Waals surface area (Å²) >= 11 is 5.83. The van der Waals surface area contributed by atoms with Crippen molar-refractivity contribution in [1.29, 1.82) is 0 Å². The van der Waals surface area contributed by atoms with Crippen molar-refractivity contribution in [2.45, 2.75) is 57.3 Å². The zero-order chi connectivity index (χ0) is 24.9. The number of nitrogens with two attached hydrogens (primary N) is 1. The summed E-state index contributed by atoms with van der Waals surface area (Å²) in [4.78, 5) is 25.3. The number of carbonyl (C=O) groups excluding carboxylic acids is 2. The van der Waals surface area contributed by atoms with Gasteiger partial charge in [0.05, 0.1) is 6.04 Å². The minimum atomic E-state index is -0.736. The van der Waals surface area contributed by atoms with Gasteiger partial charge in [-0.1, -0.05) is 61.7 Å². The summed E-state index contributed by atoms with van der Waals surface area (Å²) in [5.41, 5.74) is 7.88. The van der Waals surface area contributed by atoms with Gasteiger partial charge in [-0.3, -0.25) is 9.59 Å². The van der Waals surface area contributed by atoms with Crippen LogP contribution in [0.1, 0.15) is 43.2 Å². The van der Waals surface area contributed by atoms with Crippen LogP contribution >= 0.6 is 24.4 Å². The lowest BCUT2D eigenvalue weighted by Gasteiger charge is -2.23. The molecule has 1 saturated carbocycles. The van der Waals surface area contributed by atoms with E-state index < -0.39 is 12.1 Å². The number of rotatable bonds is 13. The number of ether oxygens (including phenoxy) is 1. The molecule has 0 bridgehead atoms. The third kappa shape index (κ3) is 9.78. The molecule has 4 N–H and O–H groups in total. The fourth-order valence-corrected chi connectivity index (χ4v) is 5.45. The number of nitrogens with one attached hydrogen (secondary N) is 2. The predicted molar refractivity (Wildman–Crippen MR) is 147 cm³/mol. The molecule has 2 atom stereocenters. The van der Waals surface area contributed by atoms with Gasteiger partial charge in [-0.2, -0.15) is 24.4 Å². The van der Waals surface area contributed by atoms with E-state index in [9.17, 15) is 9.59 Å². The van der Waals surface area contributed by atoms with Crippen molar-refractivity contribution in [3.8, 4) is 5.75 Å². The summed E-state index contributed by atoms with van der Waals surface area (Å²) < 4.78 is 5.83. The molecular formula is C27H37N3O3S2. The summed E-state index contributed by atoms with van der Waals surface area (Å²) in [6, 6.07) is 16.3. The SMILES string of the molecule is N[C@@H](CS)C(=O)N[C@@H](CSCC1CCCCC1)C(=O)NCc1ccc(OCc2ccccc2)cc1. The normalized spacial score (nSPS) is 15.7. The van der Waals surface area contributed by atoms with Crippen molar-refractivity contribution in [3.63, 3.8) is 0 Å². The maximum absolute atomic E-state index is 12.9. The molecule has 1 aliphatic carbocycles. The molecule has 0 radical (unpaired) electrons. The van der Waals surface area contributed by atoms with Gasteiger partial charge < -0.3 is 21.1 Å². The number of thioether (sulfide) groups is 1. The highest BCUT2D eigenvalue weighted by molar-refractivity contribution is 7.99. The highest BCUT2D eigenvalue weighted by atomic mass is 32.2. The average molecular weight is 516 g/mol. The van der Waals surface area contributed by atoms with Crippen molar-refractivity contribution in [2.24, 2.45) is 11.7 Å². The van der Waals surface area contributed by atoms with E-state index in [0.29, 0.717) is 24.8 Å². The quantitative estimate of drug-likeness (QED) is 0.303. The molecule has 3 rings (SSSR count). The van der Waals surface area contributed by atoms with Crippen LogP contribution in [0.4, 0.5) is 0 Å². The van der Waals surface area contributed by atoms with E-state index >= 15 is 0 Å². The lowest BCUT2D eigenvalue weighted by molar-refractivity contribution is -0.128. The smallest absolute Gasteiger partial charge is 0.243 e. The summed E-state index contributed by atoms with van der Waals surface area (Å²) in [5.74, 6) is 2.70. The fourth-order valence-electron chi connectivity index (χ4n) is 4.01. The van der Waals surface area contributed by atoms with E-state index in [1.807, 2.05) is 54.6 Å². The Bertz CT molecular complexity index is 906. The number of hydrogen-bond donors (Lipinski definition) is 4. The standard InChI is InChI=1S/C27H37N3O3S2/c28-24(17-34)26(31)30-25(19-35-18-22-9-5-2-6-10-22)27(32)29-15-20-11-13-23(14-12-20)33-16-21-7-3-1-4-8-21/h1,3-4,7-8,11-14,22,24-25,34H,2,5-6,9-10,15-19,28H2,(H,29,32)(H,30,31)/t24-,25-/m0/s1. The third-order valence-corrected chi connectivity index (χ3v) is 7.84. The molecule has 2 aromatic rings. The lowest BCUT2D eigenvalue weighted by atomic mass is 9.91. The molecule has 0 unspecified atom stereocenters. The second-order valence-electron chi connectivity index (χ2n) is 9.03. The Morgan fingerprint density at radius 2 is 1.71 bits per heavy atom. The van der Waals surface area contributed by atoms with Crippen molar-refractivity contribution in [2.75, 3.05) is 17.3 Å². The molecule has 6 nitrogen and oxygen atoms in total. The van der Waals surface area contributed by atoms with Crippen LogP contribution in [-0.4, -0.2) is 41.2 Å². The van der Waals surface area contributed by atoms with Crippen molar-refractivity contribution in [1.82, 2.24) is 10.6 Å². The first-order chi connectivity index (χ1) is 17.0. The molecule has 0 aromatic heterocycles. The molecule has 2 amide bonds. The van der Waals surface area contributed by atoms with Crippen LogP contribution < -0.4 is 21.1 Å². The summed E-state index contributed by atoms with van der Waals surface area (Å²) in [6.45, 7) is 0.876. The van der Waals surface area contributed by atoms with Crippen molar-refractivity contribution >= 4 is 36.2 Å². The predicted octanol–water partition coefficient (Wildman–Crippen LogP) is 3.94. The monoisotopic (exact) mass is 515 g/mol. The minimum Gasteiger partial charge on any atom is -0.489 e. The Morgan fingerprint density at radius 1 is 1.00 bits per heavy atom. The lowest BCUT2D eigenvalue weighted by Crippen LogP contribution is -2.53. The van der Waals surface area contributed by atoms with Gasteiger partial charge in [0.15, 0.2) is 0 Å². The zero-order valence-corrected chi connectivity index (χ0v) is 21.9. The van der Waals surface area contributed by atoms with Gasteiger partial charge in [-0.25, -0.2) is 0 Å².